The molecule has 0 aliphatic heterocycles. The van der Waals surface area contributed by atoms with Gasteiger partial charge in [-0.2, -0.15) is 0 Å². The summed E-state index contributed by atoms with van der Waals surface area (Å²) in [7, 11) is 3.13. The fourth-order valence-corrected chi connectivity index (χ4v) is 3.32. The number of rotatable bonds is 23. The molecule has 3 radical (unpaired) electrons. The highest BCUT2D eigenvalue weighted by Crippen LogP contribution is 2.20. The third kappa shape index (κ3) is 17.0. The number of hydrogen-bond donors (Lipinski definition) is 0. The Morgan fingerprint density at radius 2 is 0.821 bits per heavy atom. The van der Waals surface area contributed by atoms with E-state index in [9.17, 15) is 0 Å². The van der Waals surface area contributed by atoms with Gasteiger partial charge in [-0.15, -0.1) is 0 Å². The Bertz CT molecular complexity index is 262. The molecular formula is C23H47O4Si. The lowest BCUT2D eigenvalue weighted by Crippen LogP contribution is -2.44. The van der Waals surface area contributed by atoms with Crippen molar-refractivity contribution in [2.75, 3.05) is 26.4 Å². The lowest BCUT2D eigenvalue weighted by molar-refractivity contribution is -0.389. The molecule has 0 aliphatic rings. The average molecular weight is 416 g/mol. The molecule has 0 heterocycles. The maximum absolute atomic E-state index is 6.11. The molecule has 0 saturated carbocycles. The van der Waals surface area contributed by atoms with E-state index in [4.69, 9.17) is 18.6 Å². The van der Waals surface area contributed by atoms with Crippen molar-refractivity contribution in [3.8, 4) is 0 Å². The zero-order valence-electron chi connectivity index (χ0n) is 19.1. The summed E-state index contributed by atoms with van der Waals surface area (Å²) < 4.78 is 23.5. The van der Waals surface area contributed by atoms with Gasteiger partial charge in [-0.3, -0.25) is 0 Å². The number of unbranched alkanes of at least 4 members (excludes halogenated alkanes) is 12. The van der Waals surface area contributed by atoms with Gasteiger partial charge in [0.15, 0.2) is 0 Å². The predicted molar refractivity (Wildman–Crippen MR) is 119 cm³/mol. The van der Waals surface area contributed by atoms with Gasteiger partial charge in [-0.1, -0.05) is 97.8 Å². The van der Waals surface area contributed by atoms with E-state index in [2.05, 4.69) is 31.3 Å². The highest BCUT2D eigenvalue weighted by Gasteiger charge is 2.33. The first kappa shape index (κ1) is 28.1. The first-order valence-corrected chi connectivity index (χ1v) is 12.4. The van der Waals surface area contributed by atoms with Crippen LogP contribution >= 0.6 is 0 Å². The topological polar surface area (TPSA) is 36.9 Å². The lowest BCUT2D eigenvalue weighted by atomic mass is 10.2. The zero-order valence-corrected chi connectivity index (χ0v) is 20.1. The van der Waals surface area contributed by atoms with Crippen LogP contribution in [0.4, 0.5) is 0 Å². The molecule has 0 fully saturated rings. The molecule has 0 N–H and O–H groups in total. The average Bonchev–Trinajstić information content (AvgIpc) is 2.70. The van der Waals surface area contributed by atoms with Gasteiger partial charge < -0.3 is 18.6 Å². The van der Waals surface area contributed by atoms with Crippen LogP contribution in [0.1, 0.15) is 117 Å². The second-order valence-corrected chi connectivity index (χ2v) is 8.05. The smallest absolute Gasteiger partial charge is 0.306 e. The molecule has 0 rings (SSSR count). The van der Waals surface area contributed by atoms with Crippen molar-refractivity contribution in [3.05, 3.63) is 0 Å². The van der Waals surface area contributed by atoms with Gasteiger partial charge in [0.25, 0.3) is 0 Å². The number of hydrogen-bond acceptors (Lipinski definition) is 4. The third-order valence-corrected chi connectivity index (χ3v) is 5.10. The van der Waals surface area contributed by atoms with Crippen LogP contribution in [-0.2, 0) is 18.6 Å². The minimum Gasteiger partial charge on any atom is -0.410 e. The maximum atomic E-state index is 6.11. The van der Waals surface area contributed by atoms with E-state index in [1.165, 1.54) is 77.0 Å². The van der Waals surface area contributed by atoms with E-state index < -0.39 is 5.97 Å². The summed E-state index contributed by atoms with van der Waals surface area (Å²) in [5.41, 5.74) is 0. The third-order valence-electron chi connectivity index (χ3n) is 4.96. The summed E-state index contributed by atoms with van der Waals surface area (Å²) in [5, 5.41) is 0. The van der Waals surface area contributed by atoms with Crippen molar-refractivity contribution in [1.82, 2.24) is 0 Å². The van der Waals surface area contributed by atoms with E-state index in [1.807, 2.05) is 0 Å². The Balaban J connectivity index is 4.39. The van der Waals surface area contributed by atoms with Crippen LogP contribution in [0.2, 0.25) is 0 Å². The molecule has 0 amide bonds. The van der Waals surface area contributed by atoms with Crippen molar-refractivity contribution in [1.29, 1.82) is 0 Å². The molecule has 0 aromatic carbocycles. The van der Waals surface area contributed by atoms with E-state index >= 15 is 0 Å². The van der Waals surface area contributed by atoms with Gasteiger partial charge in [0.2, 0.25) is 10.5 Å². The summed E-state index contributed by atoms with van der Waals surface area (Å²) in [6.45, 7) is 8.87. The van der Waals surface area contributed by atoms with Gasteiger partial charge in [0.1, 0.15) is 6.61 Å². The maximum Gasteiger partial charge on any atom is 0.306 e. The van der Waals surface area contributed by atoms with Crippen LogP contribution in [0.25, 0.3) is 0 Å². The van der Waals surface area contributed by atoms with Crippen molar-refractivity contribution in [2.45, 2.75) is 123 Å². The monoisotopic (exact) mass is 415 g/mol. The Kier molecular flexibility index (Phi) is 21.8. The molecule has 5 heteroatoms. The molecule has 0 saturated heterocycles. The van der Waals surface area contributed by atoms with Crippen LogP contribution in [0, 0.1) is 0 Å². The van der Waals surface area contributed by atoms with Crippen molar-refractivity contribution in [2.24, 2.45) is 0 Å². The molecule has 0 spiro atoms. The first-order valence-electron chi connectivity index (χ1n) is 11.9. The summed E-state index contributed by atoms with van der Waals surface area (Å²) in [6.07, 6.45) is 18.1. The molecule has 0 aliphatic carbocycles. The zero-order chi connectivity index (χ0) is 20.8. The number of ether oxygens (including phenoxy) is 3. The lowest BCUT2D eigenvalue weighted by Gasteiger charge is -2.33. The molecule has 4 nitrogen and oxygen atoms in total. The Morgan fingerprint density at radius 3 is 1.11 bits per heavy atom. The summed E-state index contributed by atoms with van der Waals surface area (Å²) >= 11 is 0. The van der Waals surface area contributed by atoms with Gasteiger partial charge >= 0.3 is 5.97 Å². The van der Waals surface area contributed by atoms with E-state index in [0.29, 0.717) is 19.8 Å². The standard InChI is InChI=1S/C23H47O4Si/c1-4-7-10-13-16-19-24-23(22-27-28,25-20-17-14-11-8-5-2)26-21-18-15-12-9-6-3/h4-22H2,1-3H3. The molecule has 0 bridgehead atoms. The highest BCUT2D eigenvalue weighted by atomic mass is 28.2. The molecule has 0 unspecified atom stereocenters. The minimum absolute atomic E-state index is 0.239. The normalized spacial score (nSPS) is 12.0. The van der Waals surface area contributed by atoms with Crippen LogP contribution in [0.3, 0.4) is 0 Å². The highest BCUT2D eigenvalue weighted by molar-refractivity contribution is 5.97. The van der Waals surface area contributed by atoms with Gasteiger partial charge in [-0.05, 0) is 19.3 Å². The Morgan fingerprint density at radius 1 is 0.500 bits per heavy atom. The molecule has 0 atom stereocenters. The molecular weight excluding hydrogens is 368 g/mol. The van der Waals surface area contributed by atoms with Gasteiger partial charge in [0, 0.05) is 0 Å². The van der Waals surface area contributed by atoms with Crippen LogP contribution in [-0.4, -0.2) is 42.9 Å². The SMILES string of the molecule is CCCCCCCOC(CO[Si])(OCCCCCCC)OCCCCCCC. The quantitative estimate of drug-likeness (QED) is 0.106. The summed E-state index contributed by atoms with van der Waals surface area (Å²) in [4.78, 5) is 0. The molecule has 0 aromatic heterocycles. The van der Waals surface area contributed by atoms with Gasteiger partial charge in [0.05, 0.1) is 19.8 Å². The van der Waals surface area contributed by atoms with Crippen molar-refractivity contribution in [3.63, 3.8) is 0 Å². The molecule has 0 aromatic rings. The van der Waals surface area contributed by atoms with E-state index in [0.717, 1.165) is 19.3 Å². The van der Waals surface area contributed by atoms with Crippen LogP contribution in [0.15, 0.2) is 0 Å². The predicted octanol–water partition coefficient (Wildman–Crippen LogP) is 6.70. The fraction of sp³-hybridized carbons (Fsp3) is 1.00. The minimum atomic E-state index is -1.08. The molecule has 28 heavy (non-hydrogen) atoms. The van der Waals surface area contributed by atoms with Gasteiger partial charge in [-0.25, -0.2) is 0 Å². The summed E-state index contributed by atoms with van der Waals surface area (Å²) in [6, 6.07) is 0. The van der Waals surface area contributed by atoms with E-state index in [-0.39, 0.29) is 6.61 Å². The van der Waals surface area contributed by atoms with E-state index in [1.54, 1.807) is 0 Å². The fourth-order valence-electron chi connectivity index (χ4n) is 3.14. The second kappa shape index (κ2) is 21.8. The molecule has 167 valence electrons. The van der Waals surface area contributed by atoms with Crippen LogP contribution in [0.5, 0.6) is 0 Å². The Hall–Kier alpha value is 0.0569. The second-order valence-electron chi connectivity index (χ2n) is 7.76. The van der Waals surface area contributed by atoms with Crippen LogP contribution < -0.4 is 0 Å². The van der Waals surface area contributed by atoms with Crippen molar-refractivity contribution < 1.29 is 18.6 Å². The Labute approximate surface area is 179 Å². The van der Waals surface area contributed by atoms with Crippen molar-refractivity contribution >= 4 is 10.5 Å². The summed E-state index contributed by atoms with van der Waals surface area (Å²) in [5.74, 6) is -1.08. The first-order chi connectivity index (χ1) is 13.7. The largest absolute Gasteiger partial charge is 0.410 e.